The lowest BCUT2D eigenvalue weighted by Crippen LogP contribution is -1.93. The van der Waals surface area contributed by atoms with Crippen LogP contribution >= 0.6 is 0 Å². The van der Waals surface area contributed by atoms with Gasteiger partial charge in [-0.15, -0.1) is 0 Å². The number of ketones is 1. The lowest BCUT2D eigenvalue weighted by Gasteiger charge is -2.01. The van der Waals surface area contributed by atoms with E-state index in [0.29, 0.717) is 5.56 Å². The van der Waals surface area contributed by atoms with Crippen LogP contribution in [0.25, 0.3) is 6.08 Å². The number of rotatable bonds is 3. The van der Waals surface area contributed by atoms with Crippen LogP contribution in [0.15, 0.2) is 48.5 Å². The van der Waals surface area contributed by atoms with Gasteiger partial charge in [0, 0.05) is 5.56 Å². The summed E-state index contributed by atoms with van der Waals surface area (Å²) in [5.41, 5.74) is 3.96. The second-order valence-electron chi connectivity index (χ2n) is 4.60. The Kier molecular flexibility index (Phi) is 3.81. The zero-order chi connectivity index (χ0) is 13.8. The average molecular weight is 252 g/mol. The first kappa shape index (κ1) is 13.1. The zero-order valence-corrected chi connectivity index (χ0v) is 11.1. The van der Waals surface area contributed by atoms with Crippen LogP contribution in [0.1, 0.15) is 27.0 Å². The van der Waals surface area contributed by atoms with Crippen molar-refractivity contribution >= 4 is 11.9 Å². The van der Waals surface area contributed by atoms with Crippen LogP contribution in [0.3, 0.4) is 0 Å². The minimum absolute atomic E-state index is 0.0695. The quantitative estimate of drug-likeness (QED) is 0.664. The molecule has 0 aromatic heterocycles. The zero-order valence-electron chi connectivity index (χ0n) is 11.1. The molecule has 2 aromatic rings. The molecule has 2 heteroatoms. The van der Waals surface area contributed by atoms with Gasteiger partial charge in [-0.05, 0) is 55.3 Å². The van der Waals surface area contributed by atoms with Gasteiger partial charge in [-0.3, -0.25) is 4.79 Å². The fourth-order valence-corrected chi connectivity index (χ4v) is 1.90. The highest BCUT2D eigenvalue weighted by Gasteiger charge is 2.02. The van der Waals surface area contributed by atoms with Crippen LogP contribution in [0.4, 0.5) is 0 Å². The first-order valence-electron chi connectivity index (χ1n) is 6.15. The van der Waals surface area contributed by atoms with Crippen molar-refractivity contribution in [2.45, 2.75) is 13.8 Å². The van der Waals surface area contributed by atoms with Gasteiger partial charge in [-0.1, -0.05) is 29.8 Å². The van der Waals surface area contributed by atoms with Gasteiger partial charge < -0.3 is 5.11 Å². The molecule has 0 radical (unpaired) electrons. The summed E-state index contributed by atoms with van der Waals surface area (Å²) in [6, 6.07) is 12.4. The predicted octanol–water partition coefficient (Wildman–Crippen LogP) is 3.91. The van der Waals surface area contributed by atoms with Crippen molar-refractivity contribution in [3.63, 3.8) is 0 Å². The molecule has 0 aliphatic carbocycles. The molecular formula is C17H16O2. The van der Waals surface area contributed by atoms with E-state index in [1.54, 1.807) is 18.2 Å². The molecular weight excluding hydrogens is 236 g/mol. The molecule has 0 aliphatic heterocycles. The number of hydrogen-bond donors (Lipinski definition) is 1. The number of phenolic OH excluding ortho intramolecular Hbond substituents is 1. The third kappa shape index (κ3) is 3.32. The largest absolute Gasteiger partial charge is 0.508 e. The molecule has 0 aliphatic rings. The van der Waals surface area contributed by atoms with E-state index in [2.05, 4.69) is 6.07 Å². The van der Waals surface area contributed by atoms with E-state index in [-0.39, 0.29) is 11.5 Å². The highest BCUT2D eigenvalue weighted by molar-refractivity contribution is 6.06. The summed E-state index contributed by atoms with van der Waals surface area (Å²) in [5, 5.41) is 9.18. The molecule has 2 rings (SSSR count). The van der Waals surface area contributed by atoms with E-state index in [0.717, 1.165) is 11.1 Å². The summed E-state index contributed by atoms with van der Waals surface area (Å²) in [4.78, 5) is 11.9. The Morgan fingerprint density at radius 3 is 2.37 bits per heavy atom. The Bertz CT molecular complexity index is 622. The third-order valence-electron chi connectivity index (χ3n) is 2.99. The minimum Gasteiger partial charge on any atom is -0.508 e. The van der Waals surface area contributed by atoms with Gasteiger partial charge in [-0.2, -0.15) is 0 Å². The van der Waals surface area contributed by atoms with Gasteiger partial charge in [0.05, 0.1) is 0 Å². The second kappa shape index (κ2) is 5.53. The number of hydrogen-bond acceptors (Lipinski definition) is 2. The number of phenols is 1. The van der Waals surface area contributed by atoms with Gasteiger partial charge in [0.1, 0.15) is 5.75 Å². The monoisotopic (exact) mass is 252 g/mol. The minimum atomic E-state index is -0.0695. The van der Waals surface area contributed by atoms with Gasteiger partial charge >= 0.3 is 0 Å². The first-order valence-corrected chi connectivity index (χ1v) is 6.15. The summed E-state index contributed by atoms with van der Waals surface area (Å²) in [6.07, 6.45) is 3.38. The maximum absolute atomic E-state index is 11.9. The SMILES string of the molecule is Cc1ccc(/C=C/C(=O)c2ccc(O)cc2)c(C)c1. The summed E-state index contributed by atoms with van der Waals surface area (Å²) in [5.74, 6) is 0.0925. The number of aryl methyl sites for hydroxylation is 2. The molecule has 2 aromatic carbocycles. The Balaban J connectivity index is 2.18. The molecule has 0 bridgehead atoms. The molecule has 0 heterocycles. The Morgan fingerprint density at radius 1 is 1.05 bits per heavy atom. The van der Waals surface area contributed by atoms with E-state index in [4.69, 9.17) is 0 Å². The Hall–Kier alpha value is -2.35. The molecule has 0 saturated heterocycles. The maximum atomic E-state index is 11.9. The summed E-state index contributed by atoms with van der Waals surface area (Å²) >= 11 is 0. The molecule has 19 heavy (non-hydrogen) atoms. The summed E-state index contributed by atoms with van der Waals surface area (Å²) < 4.78 is 0. The number of benzene rings is 2. The van der Waals surface area contributed by atoms with Crippen LogP contribution in [0.5, 0.6) is 5.75 Å². The lowest BCUT2D eigenvalue weighted by atomic mass is 10.0. The predicted molar refractivity (Wildman–Crippen MR) is 77.4 cm³/mol. The van der Waals surface area contributed by atoms with Gasteiger partial charge in [0.25, 0.3) is 0 Å². The molecule has 1 N–H and O–H groups in total. The second-order valence-corrected chi connectivity index (χ2v) is 4.60. The molecule has 2 nitrogen and oxygen atoms in total. The van der Waals surface area contributed by atoms with Crippen molar-refractivity contribution < 1.29 is 9.90 Å². The van der Waals surface area contributed by atoms with E-state index in [1.165, 1.54) is 17.7 Å². The lowest BCUT2D eigenvalue weighted by molar-refractivity contribution is 0.104. The molecule has 0 atom stereocenters. The van der Waals surface area contributed by atoms with Crippen molar-refractivity contribution in [3.05, 3.63) is 70.8 Å². The topological polar surface area (TPSA) is 37.3 Å². The maximum Gasteiger partial charge on any atom is 0.185 e. The van der Waals surface area contributed by atoms with E-state index >= 15 is 0 Å². The molecule has 0 unspecified atom stereocenters. The van der Waals surface area contributed by atoms with Crippen LogP contribution in [-0.2, 0) is 0 Å². The number of carbonyl (C=O) groups excluding carboxylic acids is 1. The number of allylic oxidation sites excluding steroid dienone is 1. The Labute approximate surface area is 113 Å². The van der Waals surface area contributed by atoms with E-state index < -0.39 is 0 Å². The first-order chi connectivity index (χ1) is 9.06. The number of carbonyl (C=O) groups is 1. The molecule has 96 valence electrons. The fourth-order valence-electron chi connectivity index (χ4n) is 1.90. The van der Waals surface area contributed by atoms with Crippen molar-refractivity contribution in [2.24, 2.45) is 0 Å². The van der Waals surface area contributed by atoms with Crippen molar-refractivity contribution in [3.8, 4) is 5.75 Å². The summed E-state index contributed by atoms with van der Waals surface area (Å²) in [6.45, 7) is 4.07. The van der Waals surface area contributed by atoms with Crippen LogP contribution in [0, 0.1) is 13.8 Å². The summed E-state index contributed by atoms with van der Waals surface area (Å²) in [7, 11) is 0. The van der Waals surface area contributed by atoms with E-state index in [9.17, 15) is 9.90 Å². The van der Waals surface area contributed by atoms with Gasteiger partial charge in [0.15, 0.2) is 5.78 Å². The van der Waals surface area contributed by atoms with Crippen LogP contribution in [-0.4, -0.2) is 10.9 Å². The van der Waals surface area contributed by atoms with Crippen molar-refractivity contribution in [1.29, 1.82) is 0 Å². The highest BCUT2D eigenvalue weighted by atomic mass is 16.3. The van der Waals surface area contributed by atoms with Crippen molar-refractivity contribution in [1.82, 2.24) is 0 Å². The standard InChI is InChI=1S/C17H16O2/c1-12-3-4-14(13(2)11-12)7-10-17(19)15-5-8-16(18)9-6-15/h3-11,18H,1-2H3/b10-7+. The van der Waals surface area contributed by atoms with E-state index in [1.807, 2.05) is 32.1 Å². The van der Waals surface area contributed by atoms with Gasteiger partial charge in [-0.25, -0.2) is 0 Å². The van der Waals surface area contributed by atoms with Crippen molar-refractivity contribution in [2.75, 3.05) is 0 Å². The molecule has 0 fully saturated rings. The normalized spacial score (nSPS) is 10.8. The fraction of sp³-hybridized carbons (Fsp3) is 0.118. The van der Waals surface area contributed by atoms with Gasteiger partial charge in [0.2, 0.25) is 0 Å². The highest BCUT2D eigenvalue weighted by Crippen LogP contribution is 2.14. The molecule has 0 spiro atoms. The number of aromatic hydroxyl groups is 1. The van der Waals surface area contributed by atoms with Crippen LogP contribution in [0.2, 0.25) is 0 Å². The smallest absolute Gasteiger partial charge is 0.185 e. The molecule has 0 amide bonds. The third-order valence-corrected chi connectivity index (χ3v) is 2.99. The Morgan fingerprint density at radius 2 is 1.74 bits per heavy atom. The van der Waals surface area contributed by atoms with Crippen LogP contribution < -0.4 is 0 Å². The average Bonchev–Trinajstić information content (AvgIpc) is 2.38. The molecule has 0 saturated carbocycles.